The van der Waals surface area contributed by atoms with Crippen LogP contribution in [0.3, 0.4) is 0 Å². The summed E-state index contributed by atoms with van der Waals surface area (Å²) in [5.41, 5.74) is 2.04. The van der Waals surface area contributed by atoms with Crippen LogP contribution in [0, 0.1) is 12.8 Å². The third-order valence-corrected chi connectivity index (χ3v) is 2.93. The van der Waals surface area contributed by atoms with E-state index < -0.39 is 0 Å². The highest BCUT2D eigenvalue weighted by atomic mass is 35.5. The minimum Gasteiger partial charge on any atom is -0.478 e. The minimum atomic E-state index is 0.516. The first-order valence-electron chi connectivity index (χ1n) is 5.44. The summed E-state index contributed by atoms with van der Waals surface area (Å²) in [6, 6.07) is 3.91. The lowest BCUT2D eigenvalue weighted by Gasteiger charge is -2.06. The van der Waals surface area contributed by atoms with Gasteiger partial charge in [-0.05, 0) is 30.9 Å². The van der Waals surface area contributed by atoms with Gasteiger partial charge >= 0.3 is 0 Å². The van der Waals surface area contributed by atoms with Crippen LogP contribution in [0.1, 0.15) is 30.5 Å². The van der Waals surface area contributed by atoms with Gasteiger partial charge in [-0.2, -0.15) is 0 Å². The van der Waals surface area contributed by atoms with Crippen LogP contribution in [0.4, 0.5) is 0 Å². The van der Waals surface area contributed by atoms with Crippen LogP contribution in [0.5, 0.6) is 5.88 Å². The first-order chi connectivity index (χ1) is 7.28. The highest BCUT2D eigenvalue weighted by Crippen LogP contribution is 2.32. The van der Waals surface area contributed by atoms with Gasteiger partial charge in [0, 0.05) is 17.6 Å². The average Bonchev–Trinajstić information content (AvgIpc) is 3.01. The SMILES string of the molecule is Cc1cc(CCl)cc(OCCC2CC2)n1. The van der Waals surface area contributed by atoms with Crippen LogP contribution in [-0.2, 0) is 5.88 Å². The molecule has 0 saturated heterocycles. The summed E-state index contributed by atoms with van der Waals surface area (Å²) in [5.74, 6) is 2.14. The third kappa shape index (κ3) is 3.38. The highest BCUT2D eigenvalue weighted by Gasteiger charge is 2.20. The van der Waals surface area contributed by atoms with Crippen molar-refractivity contribution in [1.29, 1.82) is 0 Å². The molecule has 1 aromatic rings. The van der Waals surface area contributed by atoms with Gasteiger partial charge in [0.25, 0.3) is 0 Å². The molecule has 0 radical (unpaired) electrons. The van der Waals surface area contributed by atoms with Gasteiger partial charge in [-0.3, -0.25) is 0 Å². The fourth-order valence-electron chi connectivity index (χ4n) is 1.59. The number of hydrogen-bond donors (Lipinski definition) is 0. The second-order valence-corrected chi connectivity index (χ2v) is 4.44. The predicted octanol–water partition coefficient (Wildman–Crippen LogP) is 3.31. The predicted molar refractivity (Wildman–Crippen MR) is 61.4 cm³/mol. The van der Waals surface area contributed by atoms with Crippen molar-refractivity contribution < 1.29 is 4.74 Å². The molecule has 15 heavy (non-hydrogen) atoms. The number of aryl methyl sites for hydroxylation is 1. The van der Waals surface area contributed by atoms with Gasteiger partial charge in [-0.15, -0.1) is 11.6 Å². The Morgan fingerprint density at radius 2 is 2.27 bits per heavy atom. The fraction of sp³-hybridized carbons (Fsp3) is 0.583. The van der Waals surface area contributed by atoms with Crippen molar-refractivity contribution in [3.05, 3.63) is 23.4 Å². The number of rotatable bonds is 5. The van der Waals surface area contributed by atoms with E-state index in [1.165, 1.54) is 12.8 Å². The molecule has 0 N–H and O–H groups in total. The van der Waals surface area contributed by atoms with Crippen molar-refractivity contribution in [3.63, 3.8) is 0 Å². The van der Waals surface area contributed by atoms with Gasteiger partial charge < -0.3 is 4.74 Å². The van der Waals surface area contributed by atoms with Crippen LogP contribution in [0.15, 0.2) is 12.1 Å². The van der Waals surface area contributed by atoms with Crippen molar-refractivity contribution >= 4 is 11.6 Å². The molecule has 0 bridgehead atoms. The number of aromatic nitrogens is 1. The van der Waals surface area contributed by atoms with Crippen molar-refractivity contribution in [2.45, 2.75) is 32.1 Å². The molecule has 1 saturated carbocycles. The number of nitrogens with zero attached hydrogens (tertiary/aromatic N) is 1. The Morgan fingerprint density at radius 1 is 1.47 bits per heavy atom. The highest BCUT2D eigenvalue weighted by molar-refractivity contribution is 6.17. The zero-order valence-electron chi connectivity index (χ0n) is 9.00. The zero-order chi connectivity index (χ0) is 10.7. The summed E-state index contributed by atoms with van der Waals surface area (Å²) in [6.45, 7) is 2.74. The Bertz CT molecular complexity index is 336. The van der Waals surface area contributed by atoms with E-state index in [1.54, 1.807) is 0 Å². The fourth-order valence-corrected chi connectivity index (χ4v) is 1.75. The van der Waals surface area contributed by atoms with E-state index in [0.717, 1.165) is 30.2 Å². The monoisotopic (exact) mass is 225 g/mol. The standard InChI is InChI=1S/C12H16ClNO/c1-9-6-11(8-13)7-12(14-9)15-5-4-10-2-3-10/h6-7,10H,2-5,8H2,1H3. The Kier molecular flexibility index (Phi) is 3.47. The number of ether oxygens (including phenoxy) is 1. The molecule has 1 heterocycles. The maximum atomic E-state index is 5.78. The lowest BCUT2D eigenvalue weighted by molar-refractivity contribution is 0.290. The topological polar surface area (TPSA) is 22.1 Å². The van der Waals surface area contributed by atoms with Crippen molar-refractivity contribution in [3.8, 4) is 5.88 Å². The quantitative estimate of drug-likeness (QED) is 0.718. The Morgan fingerprint density at radius 3 is 2.93 bits per heavy atom. The number of alkyl halides is 1. The van der Waals surface area contributed by atoms with Crippen LogP contribution in [0.2, 0.25) is 0 Å². The second kappa shape index (κ2) is 4.84. The first kappa shape index (κ1) is 10.7. The van der Waals surface area contributed by atoms with Crippen LogP contribution >= 0.6 is 11.6 Å². The normalized spacial score (nSPS) is 15.3. The molecule has 1 aliphatic carbocycles. The molecule has 2 nitrogen and oxygen atoms in total. The van der Waals surface area contributed by atoms with E-state index >= 15 is 0 Å². The van der Waals surface area contributed by atoms with E-state index in [9.17, 15) is 0 Å². The van der Waals surface area contributed by atoms with Crippen LogP contribution < -0.4 is 4.74 Å². The smallest absolute Gasteiger partial charge is 0.213 e. The zero-order valence-corrected chi connectivity index (χ0v) is 9.76. The first-order valence-corrected chi connectivity index (χ1v) is 5.97. The van der Waals surface area contributed by atoms with Gasteiger partial charge in [0.15, 0.2) is 0 Å². The summed E-state index contributed by atoms with van der Waals surface area (Å²) >= 11 is 5.78. The lowest BCUT2D eigenvalue weighted by Crippen LogP contribution is -2.01. The Balaban J connectivity index is 1.90. The van der Waals surface area contributed by atoms with Gasteiger partial charge in [-0.25, -0.2) is 4.98 Å². The Labute approximate surface area is 95.6 Å². The molecule has 0 atom stereocenters. The number of halogens is 1. The van der Waals surface area contributed by atoms with E-state index in [4.69, 9.17) is 16.3 Å². The molecule has 0 unspecified atom stereocenters. The van der Waals surface area contributed by atoms with E-state index in [1.807, 2.05) is 19.1 Å². The minimum absolute atomic E-state index is 0.516. The Hall–Kier alpha value is -0.760. The number of hydrogen-bond acceptors (Lipinski definition) is 2. The molecular formula is C12H16ClNO. The van der Waals surface area contributed by atoms with Crippen LogP contribution in [0.25, 0.3) is 0 Å². The maximum absolute atomic E-state index is 5.78. The lowest BCUT2D eigenvalue weighted by atomic mass is 10.2. The summed E-state index contributed by atoms with van der Waals surface area (Å²) in [4.78, 5) is 4.32. The maximum Gasteiger partial charge on any atom is 0.213 e. The number of pyridine rings is 1. The molecule has 1 aromatic heterocycles. The molecule has 1 aliphatic rings. The van der Waals surface area contributed by atoms with Crippen molar-refractivity contribution in [1.82, 2.24) is 4.98 Å². The van der Waals surface area contributed by atoms with E-state index in [0.29, 0.717) is 11.8 Å². The summed E-state index contributed by atoms with van der Waals surface area (Å²) in [5, 5.41) is 0. The summed E-state index contributed by atoms with van der Waals surface area (Å²) in [6.07, 6.45) is 3.90. The van der Waals surface area contributed by atoms with Gasteiger partial charge in [0.1, 0.15) is 0 Å². The average molecular weight is 226 g/mol. The third-order valence-electron chi connectivity index (χ3n) is 2.62. The molecule has 82 valence electrons. The largest absolute Gasteiger partial charge is 0.478 e. The van der Waals surface area contributed by atoms with Crippen LogP contribution in [-0.4, -0.2) is 11.6 Å². The van der Waals surface area contributed by atoms with E-state index in [2.05, 4.69) is 4.98 Å². The molecular weight excluding hydrogens is 210 g/mol. The van der Waals surface area contributed by atoms with Gasteiger partial charge in [0.2, 0.25) is 5.88 Å². The van der Waals surface area contributed by atoms with Crippen molar-refractivity contribution in [2.75, 3.05) is 6.61 Å². The summed E-state index contributed by atoms with van der Waals surface area (Å²) in [7, 11) is 0. The molecule has 1 fully saturated rings. The summed E-state index contributed by atoms with van der Waals surface area (Å²) < 4.78 is 5.61. The van der Waals surface area contributed by atoms with Crippen molar-refractivity contribution in [2.24, 2.45) is 5.92 Å². The molecule has 3 heteroatoms. The molecule has 0 aromatic carbocycles. The molecule has 0 aliphatic heterocycles. The second-order valence-electron chi connectivity index (χ2n) is 4.17. The van der Waals surface area contributed by atoms with Gasteiger partial charge in [-0.1, -0.05) is 12.8 Å². The van der Waals surface area contributed by atoms with E-state index in [-0.39, 0.29) is 0 Å². The van der Waals surface area contributed by atoms with Gasteiger partial charge in [0.05, 0.1) is 6.61 Å². The molecule has 0 spiro atoms. The molecule has 0 amide bonds. The molecule has 2 rings (SSSR count).